The first-order chi connectivity index (χ1) is 7.71. The van der Waals surface area contributed by atoms with Crippen LogP contribution in [0.3, 0.4) is 0 Å². The lowest BCUT2D eigenvalue weighted by atomic mass is 9.89. The van der Waals surface area contributed by atoms with E-state index in [2.05, 4.69) is 5.32 Å². The smallest absolute Gasteiger partial charge is 0.261 e. The Morgan fingerprint density at radius 1 is 1.47 bits per heavy atom. The van der Waals surface area contributed by atoms with Crippen LogP contribution in [0.2, 0.25) is 0 Å². The summed E-state index contributed by atoms with van der Waals surface area (Å²) in [5.41, 5.74) is 0.922. The van der Waals surface area contributed by atoms with Gasteiger partial charge in [-0.15, -0.1) is 11.3 Å². The Morgan fingerprint density at radius 2 is 2.06 bits per heavy atom. The molecule has 1 aromatic heterocycles. The fourth-order valence-electron chi connectivity index (χ4n) is 1.27. The largest absolute Gasteiger partial charge is 0.391 e. The van der Waals surface area contributed by atoms with Gasteiger partial charge in [0.25, 0.3) is 5.91 Å². The van der Waals surface area contributed by atoms with Crippen LogP contribution in [-0.2, 0) is 0 Å². The fraction of sp³-hybridized carbons (Fsp3) is 0.615. The first-order valence-electron chi connectivity index (χ1n) is 5.75. The summed E-state index contributed by atoms with van der Waals surface area (Å²) in [6.07, 6.45) is -0.534. The second kappa shape index (κ2) is 5.19. The molecule has 3 nitrogen and oxygen atoms in total. The van der Waals surface area contributed by atoms with E-state index in [9.17, 15) is 9.90 Å². The van der Waals surface area contributed by atoms with Gasteiger partial charge in [-0.2, -0.15) is 0 Å². The van der Waals surface area contributed by atoms with E-state index < -0.39 is 6.10 Å². The number of carbonyl (C=O) groups excluding carboxylic acids is 1. The molecule has 0 aliphatic rings. The monoisotopic (exact) mass is 255 g/mol. The number of amides is 1. The first-order valence-corrected chi connectivity index (χ1v) is 6.56. The number of aliphatic hydroxyl groups excluding tert-OH is 1. The molecule has 1 unspecified atom stereocenters. The molecule has 0 saturated carbocycles. The molecule has 2 N–H and O–H groups in total. The lowest BCUT2D eigenvalue weighted by molar-refractivity contribution is 0.0588. The molecule has 1 heterocycles. The van der Waals surface area contributed by atoms with Gasteiger partial charge in [0.15, 0.2) is 0 Å². The number of hydrogen-bond acceptors (Lipinski definition) is 3. The highest BCUT2D eigenvalue weighted by Crippen LogP contribution is 2.21. The Bertz CT molecular complexity index is 385. The highest BCUT2D eigenvalue weighted by molar-refractivity contribution is 7.14. The van der Waals surface area contributed by atoms with Crippen molar-refractivity contribution in [1.29, 1.82) is 0 Å². The van der Waals surface area contributed by atoms with Crippen LogP contribution in [0.1, 0.15) is 40.9 Å². The lowest BCUT2D eigenvalue weighted by Crippen LogP contribution is -2.39. The van der Waals surface area contributed by atoms with Crippen LogP contribution in [0.4, 0.5) is 0 Å². The van der Waals surface area contributed by atoms with Crippen molar-refractivity contribution >= 4 is 17.2 Å². The molecule has 0 fully saturated rings. The van der Waals surface area contributed by atoms with Crippen molar-refractivity contribution in [1.82, 2.24) is 5.32 Å². The predicted molar refractivity (Wildman–Crippen MR) is 71.6 cm³/mol. The molecule has 0 aliphatic heterocycles. The third-order valence-corrected chi connectivity index (χ3v) is 4.00. The molecular weight excluding hydrogens is 234 g/mol. The van der Waals surface area contributed by atoms with Gasteiger partial charge in [-0.3, -0.25) is 4.79 Å². The van der Waals surface area contributed by atoms with Gasteiger partial charge < -0.3 is 10.4 Å². The molecule has 0 saturated heterocycles. The fourth-order valence-corrected chi connectivity index (χ4v) is 2.22. The van der Waals surface area contributed by atoms with Gasteiger partial charge in [0.05, 0.1) is 11.0 Å². The minimum Gasteiger partial charge on any atom is -0.391 e. The third-order valence-electron chi connectivity index (χ3n) is 2.85. The first kappa shape index (κ1) is 14.2. The topological polar surface area (TPSA) is 49.3 Å². The molecule has 0 spiro atoms. The molecule has 0 aliphatic carbocycles. The van der Waals surface area contributed by atoms with Crippen molar-refractivity contribution < 1.29 is 9.90 Å². The van der Waals surface area contributed by atoms with E-state index in [0.29, 0.717) is 11.4 Å². The molecule has 96 valence electrons. The van der Waals surface area contributed by atoms with E-state index in [0.717, 1.165) is 10.4 Å². The van der Waals surface area contributed by atoms with Crippen molar-refractivity contribution in [2.75, 3.05) is 6.54 Å². The van der Waals surface area contributed by atoms with E-state index >= 15 is 0 Å². The summed E-state index contributed by atoms with van der Waals surface area (Å²) in [5, 5.41) is 12.6. The standard InChI is InChI=1S/C13H21NO2S/c1-8-6-10(17-9(8)2)12(16)14-7-11(15)13(3,4)5/h6,11,15H,7H2,1-5H3,(H,14,16). The summed E-state index contributed by atoms with van der Waals surface area (Å²) in [6.45, 7) is 10.1. The summed E-state index contributed by atoms with van der Waals surface area (Å²) < 4.78 is 0. The van der Waals surface area contributed by atoms with E-state index in [1.54, 1.807) is 0 Å². The van der Waals surface area contributed by atoms with E-state index in [1.807, 2.05) is 40.7 Å². The Labute approximate surface area is 107 Å². The normalized spacial score (nSPS) is 13.5. The summed E-state index contributed by atoms with van der Waals surface area (Å²) >= 11 is 1.49. The summed E-state index contributed by atoms with van der Waals surface area (Å²) in [5.74, 6) is -0.102. The van der Waals surface area contributed by atoms with Crippen molar-refractivity contribution in [3.05, 3.63) is 21.4 Å². The molecule has 0 aromatic carbocycles. The number of carbonyl (C=O) groups is 1. The number of nitrogens with one attached hydrogen (secondary N) is 1. The molecule has 17 heavy (non-hydrogen) atoms. The van der Waals surface area contributed by atoms with Gasteiger partial charge in [-0.05, 0) is 30.9 Å². The number of rotatable bonds is 3. The molecule has 1 rings (SSSR count). The summed E-state index contributed by atoms with van der Waals surface area (Å²) in [7, 11) is 0. The molecule has 1 atom stereocenters. The predicted octanol–water partition coefficient (Wildman–Crippen LogP) is 2.50. The molecule has 0 radical (unpaired) electrons. The van der Waals surface area contributed by atoms with Crippen LogP contribution < -0.4 is 5.32 Å². The second-order valence-corrected chi connectivity index (χ2v) is 6.70. The van der Waals surface area contributed by atoms with Crippen molar-refractivity contribution in [2.24, 2.45) is 5.41 Å². The SMILES string of the molecule is Cc1cc(C(=O)NCC(O)C(C)(C)C)sc1C. The van der Waals surface area contributed by atoms with E-state index in [1.165, 1.54) is 11.3 Å². The Balaban J connectivity index is 2.56. The zero-order chi connectivity index (χ0) is 13.2. The molecule has 0 bridgehead atoms. The van der Waals surface area contributed by atoms with E-state index in [4.69, 9.17) is 0 Å². The van der Waals surface area contributed by atoms with Crippen molar-refractivity contribution in [3.63, 3.8) is 0 Å². The maximum atomic E-state index is 11.8. The highest BCUT2D eigenvalue weighted by Gasteiger charge is 2.22. The number of aryl methyl sites for hydroxylation is 2. The van der Waals surface area contributed by atoms with Crippen LogP contribution in [-0.4, -0.2) is 23.7 Å². The zero-order valence-corrected chi connectivity index (χ0v) is 11.9. The van der Waals surface area contributed by atoms with Gasteiger partial charge >= 0.3 is 0 Å². The van der Waals surface area contributed by atoms with Crippen LogP contribution in [0, 0.1) is 19.3 Å². The van der Waals surface area contributed by atoms with Crippen LogP contribution >= 0.6 is 11.3 Å². The van der Waals surface area contributed by atoms with E-state index in [-0.39, 0.29) is 11.3 Å². The summed E-state index contributed by atoms with van der Waals surface area (Å²) in [4.78, 5) is 13.7. The van der Waals surface area contributed by atoms with Crippen LogP contribution in [0.5, 0.6) is 0 Å². The van der Waals surface area contributed by atoms with Gasteiger partial charge in [-0.1, -0.05) is 20.8 Å². The Kier molecular flexibility index (Phi) is 4.33. The Hall–Kier alpha value is -0.870. The molecule has 1 amide bonds. The van der Waals surface area contributed by atoms with Gasteiger partial charge in [0, 0.05) is 11.4 Å². The maximum Gasteiger partial charge on any atom is 0.261 e. The quantitative estimate of drug-likeness (QED) is 0.872. The minimum atomic E-state index is -0.534. The molecule has 4 heteroatoms. The lowest BCUT2D eigenvalue weighted by Gasteiger charge is -2.25. The van der Waals surface area contributed by atoms with Crippen molar-refractivity contribution in [2.45, 2.75) is 40.7 Å². The summed E-state index contributed by atoms with van der Waals surface area (Å²) in [6, 6.07) is 1.89. The number of hydrogen-bond donors (Lipinski definition) is 2. The highest BCUT2D eigenvalue weighted by atomic mass is 32.1. The average Bonchev–Trinajstić information content (AvgIpc) is 2.54. The van der Waals surface area contributed by atoms with Gasteiger partial charge in [0.1, 0.15) is 0 Å². The minimum absolute atomic E-state index is 0.102. The number of thiophene rings is 1. The van der Waals surface area contributed by atoms with Crippen LogP contribution in [0.25, 0.3) is 0 Å². The maximum absolute atomic E-state index is 11.8. The van der Waals surface area contributed by atoms with Crippen LogP contribution in [0.15, 0.2) is 6.07 Å². The zero-order valence-electron chi connectivity index (χ0n) is 11.1. The second-order valence-electron chi connectivity index (χ2n) is 5.44. The van der Waals surface area contributed by atoms with Crippen molar-refractivity contribution in [3.8, 4) is 0 Å². The van der Waals surface area contributed by atoms with Gasteiger partial charge in [-0.25, -0.2) is 0 Å². The van der Waals surface area contributed by atoms with Gasteiger partial charge in [0.2, 0.25) is 0 Å². The third kappa shape index (κ3) is 3.82. The Morgan fingerprint density at radius 3 is 2.47 bits per heavy atom. The molecular formula is C13H21NO2S. The molecule has 1 aromatic rings. The number of aliphatic hydroxyl groups is 1. The average molecular weight is 255 g/mol.